The van der Waals surface area contributed by atoms with Crippen LogP contribution in [0.5, 0.6) is 0 Å². The number of rotatable bonds is 13. The van der Waals surface area contributed by atoms with Gasteiger partial charge >= 0.3 is 0 Å². The molecule has 0 amide bonds. The van der Waals surface area contributed by atoms with Crippen molar-refractivity contribution in [2.75, 3.05) is 53.4 Å². The minimum atomic E-state index is -0.426. The molecule has 0 aliphatic heterocycles. The molecule has 0 aromatic carbocycles. The van der Waals surface area contributed by atoms with Crippen LogP contribution in [0.3, 0.4) is 0 Å². The first-order chi connectivity index (χ1) is 9.10. The topological polar surface area (TPSA) is 68.2 Å². The van der Waals surface area contributed by atoms with Crippen LogP contribution in [0.1, 0.15) is 26.7 Å². The number of aliphatic hydroxyl groups is 2. The summed E-state index contributed by atoms with van der Waals surface area (Å²) in [5.41, 5.74) is -0.426. The van der Waals surface area contributed by atoms with E-state index in [9.17, 15) is 10.2 Å². The molecular formula is C14H30O5. The van der Waals surface area contributed by atoms with E-state index in [0.717, 1.165) is 6.42 Å². The molecule has 0 aliphatic carbocycles. The van der Waals surface area contributed by atoms with Crippen molar-refractivity contribution in [1.29, 1.82) is 0 Å². The first-order valence-electron chi connectivity index (χ1n) is 6.96. The Kier molecular flexibility index (Phi) is 11.5. The molecule has 0 bridgehead atoms. The predicted octanol–water partition coefficient (Wildman–Crippen LogP) is 1.07. The van der Waals surface area contributed by atoms with Gasteiger partial charge in [-0.25, -0.2) is 0 Å². The monoisotopic (exact) mass is 278 g/mol. The average Bonchev–Trinajstić information content (AvgIpc) is 2.40. The molecule has 0 aromatic rings. The second-order valence-electron chi connectivity index (χ2n) is 5.38. The zero-order chi connectivity index (χ0) is 14.6. The molecule has 0 unspecified atom stereocenters. The number of aliphatic hydroxyl groups excluding tert-OH is 2. The van der Waals surface area contributed by atoms with Gasteiger partial charge in [-0.2, -0.15) is 0 Å². The third kappa shape index (κ3) is 9.35. The van der Waals surface area contributed by atoms with E-state index in [2.05, 4.69) is 13.8 Å². The van der Waals surface area contributed by atoms with Crippen molar-refractivity contribution in [1.82, 2.24) is 0 Å². The lowest BCUT2D eigenvalue weighted by Crippen LogP contribution is -2.33. The molecule has 0 radical (unpaired) electrons. The van der Waals surface area contributed by atoms with E-state index in [1.807, 2.05) is 0 Å². The fourth-order valence-corrected chi connectivity index (χ4v) is 2.06. The van der Waals surface area contributed by atoms with E-state index in [0.29, 0.717) is 45.4 Å². The number of hydrogen-bond donors (Lipinski definition) is 2. The van der Waals surface area contributed by atoms with Gasteiger partial charge in [0.1, 0.15) is 0 Å². The number of methoxy groups -OCH3 is 1. The Labute approximate surface area is 116 Å². The zero-order valence-electron chi connectivity index (χ0n) is 12.6. The Bertz CT molecular complexity index is 192. The maximum atomic E-state index is 9.47. The fraction of sp³-hybridized carbons (Fsp3) is 1.00. The Morgan fingerprint density at radius 2 is 1.42 bits per heavy atom. The molecule has 0 fully saturated rings. The van der Waals surface area contributed by atoms with Crippen molar-refractivity contribution < 1.29 is 24.4 Å². The van der Waals surface area contributed by atoms with Gasteiger partial charge in [-0.1, -0.05) is 13.8 Å². The van der Waals surface area contributed by atoms with Crippen molar-refractivity contribution >= 4 is 0 Å². The summed E-state index contributed by atoms with van der Waals surface area (Å²) in [4.78, 5) is 0. The summed E-state index contributed by atoms with van der Waals surface area (Å²) in [6.07, 6.45) is 1.46. The Morgan fingerprint density at radius 3 is 1.89 bits per heavy atom. The highest BCUT2D eigenvalue weighted by Gasteiger charge is 2.29. The number of ether oxygens (including phenoxy) is 3. The van der Waals surface area contributed by atoms with Crippen LogP contribution in [-0.2, 0) is 14.2 Å². The molecule has 0 atom stereocenters. The lowest BCUT2D eigenvalue weighted by molar-refractivity contribution is -0.0134. The first-order valence-corrected chi connectivity index (χ1v) is 6.96. The quantitative estimate of drug-likeness (QED) is 0.493. The van der Waals surface area contributed by atoms with Crippen LogP contribution in [0.4, 0.5) is 0 Å². The van der Waals surface area contributed by atoms with Gasteiger partial charge in [-0.05, 0) is 18.8 Å². The summed E-state index contributed by atoms with van der Waals surface area (Å²) in [7, 11) is 1.64. The lowest BCUT2D eigenvalue weighted by atomic mass is 9.79. The molecule has 116 valence electrons. The van der Waals surface area contributed by atoms with Gasteiger partial charge < -0.3 is 24.4 Å². The van der Waals surface area contributed by atoms with Gasteiger partial charge in [-0.15, -0.1) is 0 Å². The van der Waals surface area contributed by atoms with E-state index in [1.54, 1.807) is 7.11 Å². The first kappa shape index (κ1) is 18.8. The van der Waals surface area contributed by atoms with Crippen LogP contribution in [0.25, 0.3) is 0 Å². The highest BCUT2D eigenvalue weighted by atomic mass is 16.5. The van der Waals surface area contributed by atoms with Crippen LogP contribution < -0.4 is 0 Å². The lowest BCUT2D eigenvalue weighted by Gasteiger charge is -2.31. The third-order valence-electron chi connectivity index (χ3n) is 3.09. The maximum absolute atomic E-state index is 9.47. The molecule has 0 aliphatic rings. The molecule has 0 spiro atoms. The van der Waals surface area contributed by atoms with Crippen molar-refractivity contribution in [3.05, 3.63) is 0 Å². The van der Waals surface area contributed by atoms with Crippen molar-refractivity contribution in [3.63, 3.8) is 0 Å². The van der Waals surface area contributed by atoms with E-state index < -0.39 is 5.41 Å². The molecule has 2 N–H and O–H groups in total. The highest BCUT2D eigenvalue weighted by Crippen LogP contribution is 2.29. The van der Waals surface area contributed by atoms with Gasteiger partial charge in [0.05, 0.1) is 39.6 Å². The van der Waals surface area contributed by atoms with Crippen LogP contribution in [-0.4, -0.2) is 63.6 Å². The maximum Gasteiger partial charge on any atom is 0.0701 e. The molecule has 0 saturated carbocycles. The molecule has 0 rings (SSSR count). The van der Waals surface area contributed by atoms with Gasteiger partial charge in [0.2, 0.25) is 0 Å². The molecule has 0 aromatic heterocycles. The minimum absolute atomic E-state index is 0.00458. The van der Waals surface area contributed by atoms with Crippen molar-refractivity contribution in [2.45, 2.75) is 26.7 Å². The van der Waals surface area contributed by atoms with Gasteiger partial charge in [0, 0.05) is 19.1 Å². The average molecular weight is 278 g/mol. The van der Waals surface area contributed by atoms with Gasteiger partial charge in [0.25, 0.3) is 0 Å². The largest absolute Gasteiger partial charge is 0.396 e. The molecular weight excluding hydrogens is 248 g/mol. The molecule has 5 nitrogen and oxygen atoms in total. The molecule has 0 heterocycles. The van der Waals surface area contributed by atoms with E-state index in [1.165, 1.54) is 0 Å². The Hall–Kier alpha value is -0.200. The summed E-state index contributed by atoms with van der Waals surface area (Å²) in [5.74, 6) is 0.441. The normalized spacial score (nSPS) is 12.3. The SMILES string of the molecule is COCCOCCOCCC(CO)(CO)CC(C)C. The van der Waals surface area contributed by atoms with Gasteiger partial charge in [0.15, 0.2) is 0 Å². The summed E-state index contributed by atoms with van der Waals surface area (Å²) in [6, 6.07) is 0. The highest BCUT2D eigenvalue weighted by molar-refractivity contribution is 4.79. The second kappa shape index (κ2) is 11.6. The fourth-order valence-electron chi connectivity index (χ4n) is 2.06. The summed E-state index contributed by atoms with van der Waals surface area (Å²) in [5, 5.41) is 18.9. The zero-order valence-corrected chi connectivity index (χ0v) is 12.6. The van der Waals surface area contributed by atoms with Crippen LogP contribution in [0, 0.1) is 11.3 Å². The Morgan fingerprint density at radius 1 is 0.895 bits per heavy atom. The standard InChI is InChI=1S/C14H30O5/c1-13(2)10-14(11-15,12-16)4-5-18-8-9-19-7-6-17-3/h13,15-16H,4-12H2,1-3H3. The van der Waals surface area contributed by atoms with Crippen LogP contribution in [0.15, 0.2) is 0 Å². The van der Waals surface area contributed by atoms with Gasteiger partial charge in [-0.3, -0.25) is 0 Å². The summed E-state index contributed by atoms with van der Waals surface area (Å²) in [6.45, 7) is 6.93. The van der Waals surface area contributed by atoms with Crippen LogP contribution >= 0.6 is 0 Å². The van der Waals surface area contributed by atoms with E-state index in [4.69, 9.17) is 14.2 Å². The Balaban J connectivity index is 3.70. The van der Waals surface area contributed by atoms with Crippen molar-refractivity contribution in [2.24, 2.45) is 11.3 Å². The van der Waals surface area contributed by atoms with E-state index in [-0.39, 0.29) is 13.2 Å². The number of hydrogen-bond acceptors (Lipinski definition) is 5. The summed E-state index contributed by atoms with van der Waals surface area (Å²) < 4.78 is 15.6. The summed E-state index contributed by atoms with van der Waals surface area (Å²) >= 11 is 0. The van der Waals surface area contributed by atoms with Crippen molar-refractivity contribution in [3.8, 4) is 0 Å². The van der Waals surface area contributed by atoms with E-state index >= 15 is 0 Å². The predicted molar refractivity (Wildman–Crippen MR) is 74.2 cm³/mol. The minimum Gasteiger partial charge on any atom is -0.396 e. The molecule has 5 heteroatoms. The third-order valence-corrected chi connectivity index (χ3v) is 3.09. The second-order valence-corrected chi connectivity index (χ2v) is 5.38. The smallest absolute Gasteiger partial charge is 0.0701 e. The molecule has 19 heavy (non-hydrogen) atoms. The molecule has 0 saturated heterocycles. The van der Waals surface area contributed by atoms with Crippen LogP contribution in [0.2, 0.25) is 0 Å².